The van der Waals surface area contributed by atoms with E-state index in [1.807, 2.05) is 26.8 Å². The van der Waals surface area contributed by atoms with Crippen LogP contribution in [0.1, 0.15) is 102 Å². The number of carbonyl (C=O) groups is 4. The maximum absolute atomic E-state index is 11.8. The summed E-state index contributed by atoms with van der Waals surface area (Å²) in [4.78, 5) is 75.1. The molecular formula is C50H60N4O17. The Hall–Kier alpha value is -8.62. The zero-order valence-corrected chi connectivity index (χ0v) is 40.8. The predicted molar refractivity (Wildman–Crippen MR) is 266 cm³/mol. The van der Waals surface area contributed by atoms with Crippen molar-refractivity contribution >= 4 is 65.2 Å². The van der Waals surface area contributed by atoms with Crippen LogP contribution in [0.4, 0.5) is 22.7 Å². The number of aldehydes is 1. The summed E-state index contributed by atoms with van der Waals surface area (Å²) in [5.41, 5.74) is 9.22. The number of phenolic OH excluding ortho intramolecular Hbond substituents is 2. The Balaban J connectivity index is 0.000000481. The molecule has 4 aromatic carbocycles. The van der Waals surface area contributed by atoms with E-state index < -0.39 is 20.7 Å². The van der Waals surface area contributed by atoms with Gasteiger partial charge in [-0.05, 0) is 102 Å². The number of non-ortho nitro benzene ring substituents is 3. The lowest BCUT2D eigenvalue weighted by atomic mass is 10.1. The highest BCUT2D eigenvalue weighted by molar-refractivity contribution is 5.95. The summed E-state index contributed by atoms with van der Waals surface area (Å²) in [7, 11) is 0. The highest BCUT2D eigenvalue weighted by Gasteiger charge is 2.16. The van der Waals surface area contributed by atoms with Gasteiger partial charge in [0.05, 0.1) is 71.6 Å². The summed E-state index contributed by atoms with van der Waals surface area (Å²) in [6.07, 6.45) is 6.89. The molecule has 0 unspecified atom stereocenters. The van der Waals surface area contributed by atoms with Crippen LogP contribution in [0.5, 0.6) is 23.0 Å². The van der Waals surface area contributed by atoms with Gasteiger partial charge in [-0.2, -0.15) is 0 Å². The molecule has 21 heteroatoms. The second kappa shape index (κ2) is 32.2. The summed E-state index contributed by atoms with van der Waals surface area (Å²) in [5, 5.41) is 50.2. The second-order valence-corrected chi connectivity index (χ2v) is 14.0. The molecule has 382 valence electrons. The smallest absolute Gasteiger partial charge is 0.333 e. The first-order chi connectivity index (χ1) is 33.8. The van der Waals surface area contributed by atoms with Gasteiger partial charge in [-0.3, -0.25) is 35.1 Å². The van der Waals surface area contributed by atoms with Crippen LogP contribution in [0.15, 0.2) is 89.5 Å². The summed E-state index contributed by atoms with van der Waals surface area (Å²) in [5.74, 6) is -0.698. The molecular weight excluding hydrogens is 929 g/mol. The third-order valence-electron chi connectivity index (χ3n) is 9.17. The number of hydrogen-bond acceptors (Lipinski definition) is 18. The number of nitrogens with two attached hydrogens (primary N) is 1. The third kappa shape index (κ3) is 20.6. The van der Waals surface area contributed by atoms with Crippen LogP contribution in [-0.4, -0.2) is 82.2 Å². The van der Waals surface area contributed by atoms with Gasteiger partial charge in [0, 0.05) is 63.4 Å². The highest BCUT2D eigenvalue weighted by atomic mass is 16.6. The minimum absolute atomic E-state index is 0.0422. The van der Waals surface area contributed by atoms with Crippen molar-refractivity contribution in [3.63, 3.8) is 0 Å². The van der Waals surface area contributed by atoms with Crippen molar-refractivity contribution in [2.75, 3.05) is 38.8 Å². The van der Waals surface area contributed by atoms with Gasteiger partial charge in [0.15, 0.2) is 6.29 Å². The molecule has 21 nitrogen and oxygen atoms in total. The molecule has 0 aliphatic rings. The van der Waals surface area contributed by atoms with E-state index in [1.165, 1.54) is 36.4 Å². The van der Waals surface area contributed by atoms with Gasteiger partial charge >= 0.3 is 17.9 Å². The molecule has 0 aromatic heterocycles. The van der Waals surface area contributed by atoms with Crippen molar-refractivity contribution in [3.8, 4) is 23.0 Å². The lowest BCUT2D eigenvalue weighted by Gasteiger charge is -2.10. The highest BCUT2D eigenvalue weighted by Crippen LogP contribution is 2.29. The fraction of sp³-hybridized carbons (Fsp3) is 0.320. The lowest BCUT2D eigenvalue weighted by Crippen LogP contribution is -2.07. The molecule has 4 aromatic rings. The van der Waals surface area contributed by atoms with Crippen molar-refractivity contribution in [1.82, 2.24) is 0 Å². The van der Waals surface area contributed by atoms with Crippen molar-refractivity contribution in [1.29, 1.82) is 0 Å². The first-order valence-electron chi connectivity index (χ1n) is 22.3. The summed E-state index contributed by atoms with van der Waals surface area (Å²) >= 11 is 0. The maximum atomic E-state index is 11.8. The number of nitrogen functional groups attached to an aromatic ring is 1. The monoisotopic (exact) mass is 988 g/mol. The van der Waals surface area contributed by atoms with Crippen molar-refractivity contribution in [3.05, 3.63) is 142 Å². The molecule has 0 aliphatic heterocycles. The van der Waals surface area contributed by atoms with E-state index in [9.17, 15) is 54.6 Å². The number of aromatic hydroxyl groups is 2. The molecule has 0 heterocycles. The van der Waals surface area contributed by atoms with Gasteiger partial charge in [-0.25, -0.2) is 14.4 Å². The van der Waals surface area contributed by atoms with Gasteiger partial charge in [-0.15, -0.1) is 0 Å². The van der Waals surface area contributed by atoms with E-state index in [-0.39, 0.29) is 52.7 Å². The van der Waals surface area contributed by atoms with Crippen LogP contribution >= 0.6 is 0 Å². The average Bonchev–Trinajstić information content (AvgIpc) is 3.33. The van der Waals surface area contributed by atoms with Gasteiger partial charge in [0.1, 0.15) is 23.0 Å². The van der Waals surface area contributed by atoms with Crippen LogP contribution in [0.25, 0.3) is 18.2 Å². The molecule has 0 atom stereocenters. The normalized spacial score (nSPS) is 10.8. The van der Waals surface area contributed by atoms with Gasteiger partial charge < -0.3 is 39.6 Å². The maximum Gasteiger partial charge on any atom is 0.333 e. The first kappa shape index (κ1) is 60.4. The summed E-state index contributed by atoms with van der Waals surface area (Å²) in [6, 6.07) is 16.7. The quantitative estimate of drug-likeness (QED) is 0.0141. The molecule has 0 radical (unpaired) electrons. The second-order valence-electron chi connectivity index (χ2n) is 14.0. The number of esters is 3. The number of nitro groups is 3. The summed E-state index contributed by atoms with van der Waals surface area (Å²) < 4.78 is 25.8. The van der Waals surface area contributed by atoms with Crippen LogP contribution in [0.3, 0.4) is 0 Å². The number of nitrogens with zero attached hydrogens (tertiary/aromatic N) is 3. The van der Waals surface area contributed by atoms with Crippen LogP contribution in [0, 0.1) is 30.3 Å². The molecule has 4 rings (SSSR count). The van der Waals surface area contributed by atoms with E-state index in [4.69, 9.17) is 34.5 Å². The van der Waals surface area contributed by atoms with E-state index in [1.54, 1.807) is 65.0 Å². The fourth-order valence-electron chi connectivity index (χ4n) is 5.65. The molecule has 4 N–H and O–H groups in total. The van der Waals surface area contributed by atoms with Gasteiger partial charge in [-0.1, -0.05) is 20.8 Å². The zero-order valence-electron chi connectivity index (χ0n) is 40.8. The Morgan fingerprint density at radius 1 is 0.493 bits per heavy atom. The number of carbonyl (C=O) groups excluding carboxylic acids is 4. The Kier molecular flexibility index (Phi) is 27.4. The van der Waals surface area contributed by atoms with E-state index in [2.05, 4.69) is 0 Å². The Morgan fingerprint density at radius 2 is 0.817 bits per heavy atom. The number of rotatable bonds is 20. The number of nitro benzene ring substituents is 3. The van der Waals surface area contributed by atoms with Crippen molar-refractivity contribution < 1.29 is 67.8 Å². The molecule has 0 bridgehead atoms. The van der Waals surface area contributed by atoms with Crippen LogP contribution in [-0.2, 0) is 28.6 Å². The SMILES string of the molecule is CCOC(=O)/C(=C/c1ccc(N)cc1OCC)CC.CCOC(=O)/C(=C/c1ccc([N+](=O)[O-])cc1O)CC.CCOC(=O)/C(=C/c1ccc([N+](=O)[O-])cc1OCC)CC.O=Cc1ccc([N+](=O)[O-])cc1O. The van der Waals surface area contributed by atoms with E-state index >= 15 is 0 Å². The number of benzene rings is 4. The molecule has 71 heavy (non-hydrogen) atoms. The minimum atomic E-state index is -0.645. The molecule has 0 aliphatic carbocycles. The molecule has 0 fully saturated rings. The Morgan fingerprint density at radius 3 is 1.14 bits per heavy atom. The molecule has 0 saturated carbocycles. The van der Waals surface area contributed by atoms with Gasteiger partial charge in [0.2, 0.25) is 0 Å². The molecule has 0 spiro atoms. The summed E-state index contributed by atoms with van der Waals surface area (Å²) in [6.45, 7) is 16.3. The number of phenols is 2. The largest absolute Gasteiger partial charge is 0.507 e. The number of hydrogen-bond donors (Lipinski definition) is 3. The van der Waals surface area contributed by atoms with E-state index in [0.29, 0.717) is 97.0 Å². The Labute approximate surface area is 410 Å². The number of anilines is 1. The lowest BCUT2D eigenvalue weighted by molar-refractivity contribution is -0.385. The van der Waals surface area contributed by atoms with Crippen molar-refractivity contribution in [2.24, 2.45) is 0 Å². The van der Waals surface area contributed by atoms with Crippen molar-refractivity contribution in [2.45, 2.75) is 74.7 Å². The standard InChI is InChI=1S/C15H19NO5.C15H21NO3.C13H15NO5.C7H5NO4/c1-4-11(15(17)21-6-3)9-12-7-8-13(16(18)19)10-14(12)20-5-2;1-4-11(15(17)19-6-3)9-12-7-8-13(16)10-14(12)18-5-2;1-3-9(13(16)19-4-2)7-10-5-6-11(14(17)18)8-12(10)15;9-4-5-1-2-6(8(11)12)3-7(5)10/h7-10H,4-6H2,1-3H3;7-10H,4-6,16H2,1-3H3;5-8,15H,3-4H2,1-2H3;1-4,10H/b2*11-9+;9-7+;. The first-order valence-corrected chi connectivity index (χ1v) is 22.3. The fourth-order valence-corrected chi connectivity index (χ4v) is 5.65. The van der Waals surface area contributed by atoms with E-state index in [0.717, 1.165) is 23.8 Å². The average molecular weight is 989 g/mol. The minimum Gasteiger partial charge on any atom is -0.507 e. The third-order valence-corrected chi connectivity index (χ3v) is 9.17. The predicted octanol–water partition coefficient (Wildman–Crippen LogP) is 10.1. The van der Waals surface area contributed by atoms with Crippen LogP contribution < -0.4 is 15.2 Å². The van der Waals surface area contributed by atoms with Gasteiger partial charge in [0.25, 0.3) is 17.1 Å². The topological polar surface area (TPSA) is 310 Å². The number of ether oxygens (including phenoxy) is 5. The molecule has 0 saturated heterocycles. The van der Waals surface area contributed by atoms with Crippen LogP contribution in [0.2, 0.25) is 0 Å². The Bertz CT molecular complexity index is 2570. The molecule has 0 amide bonds. The zero-order chi connectivity index (χ0) is 53.6.